The first kappa shape index (κ1) is 18.5. The molecule has 4 rings (SSSR count). The number of rotatable bonds is 4. The summed E-state index contributed by atoms with van der Waals surface area (Å²) in [6, 6.07) is 0.646. The predicted octanol–water partition coefficient (Wildman–Crippen LogP) is 0.440. The molecule has 2 aromatic rings. The Bertz CT molecular complexity index is 915. The van der Waals surface area contributed by atoms with E-state index in [1.54, 1.807) is 6.33 Å². The van der Waals surface area contributed by atoms with Crippen molar-refractivity contribution in [2.45, 2.75) is 31.3 Å². The van der Waals surface area contributed by atoms with E-state index in [4.69, 9.17) is 23.3 Å². The van der Waals surface area contributed by atoms with Crippen LogP contribution in [-0.4, -0.2) is 54.8 Å². The second kappa shape index (κ2) is 7.15. The first-order valence-electron chi connectivity index (χ1n) is 8.00. The van der Waals surface area contributed by atoms with E-state index >= 15 is 0 Å². The van der Waals surface area contributed by atoms with Gasteiger partial charge >= 0.3 is 10.4 Å². The Hall–Kier alpha value is -2.28. The maximum absolute atomic E-state index is 9.26. The van der Waals surface area contributed by atoms with Gasteiger partial charge in [0.25, 0.3) is 0 Å². The van der Waals surface area contributed by atoms with Gasteiger partial charge in [-0.25, -0.2) is 4.98 Å². The molecular weight excluding hydrogens is 364 g/mol. The lowest BCUT2D eigenvalue weighted by Gasteiger charge is -2.13. The van der Waals surface area contributed by atoms with Crippen LogP contribution in [0.1, 0.15) is 25.3 Å². The third-order valence-corrected chi connectivity index (χ3v) is 4.10. The molecule has 0 bridgehead atoms. The van der Waals surface area contributed by atoms with Gasteiger partial charge in [-0.2, -0.15) is 18.4 Å². The molecule has 12 heteroatoms. The van der Waals surface area contributed by atoms with Gasteiger partial charge in [0.1, 0.15) is 0 Å². The number of nitrogens with zero attached hydrogens (tertiary/aromatic N) is 4. The number of imidazole rings is 1. The van der Waals surface area contributed by atoms with Crippen LogP contribution in [0.3, 0.4) is 0 Å². The van der Waals surface area contributed by atoms with Crippen molar-refractivity contribution >= 4 is 33.3 Å². The van der Waals surface area contributed by atoms with Gasteiger partial charge in [-0.15, -0.1) is 0 Å². The van der Waals surface area contributed by atoms with Crippen molar-refractivity contribution in [3.05, 3.63) is 18.5 Å². The zero-order chi connectivity index (χ0) is 18.9. The molecule has 0 amide bonds. The van der Waals surface area contributed by atoms with Crippen LogP contribution in [0.15, 0.2) is 18.5 Å². The van der Waals surface area contributed by atoms with E-state index in [1.165, 1.54) is 0 Å². The molecular formula is C14H20N6O5S. The maximum atomic E-state index is 9.26. The Balaban J connectivity index is 0.000000349. The fraction of sp³-hybridized carbons (Fsp3) is 0.500. The predicted molar refractivity (Wildman–Crippen MR) is 93.9 cm³/mol. The van der Waals surface area contributed by atoms with Crippen molar-refractivity contribution in [3.8, 4) is 0 Å². The maximum Gasteiger partial charge on any atom is 0.394 e. The minimum atomic E-state index is -4.67. The molecule has 0 aliphatic heterocycles. The van der Waals surface area contributed by atoms with Crippen molar-refractivity contribution in [2.24, 2.45) is 5.92 Å². The van der Waals surface area contributed by atoms with Crippen molar-refractivity contribution in [3.63, 3.8) is 0 Å². The van der Waals surface area contributed by atoms with Crippen LogP contribution in [-0.2, 0) is 10.4 Å². The highest BCUT2D eigenvalue weighted by Crippen LogP contribution is 2.32. The summed E-state index contributed by atoms with van der Waals surface area (Å²) in [5, 5.41) is 12.6. The SMILES string of the molecule is Nc1nc(NC2CC2)c2ncn(C3C=C[C@H](CO)C3)c2n1.O=S(=O)(O)O. The number of hydrogen-bond donors (Lipinski definition) is 5. The van der Waals surface area contributed by atoms with Gasteiger partial charge in [0.2, 0.25) is 5.95 Å². The van der Waals surface area contributed by atoms with Crippen LogP contribution in [0.25, 0.3) is 11.2 Å². The summed E-state index contributed by atoms with van der Waals surface area (Å²) < 4.78 is 33.6. The molecule has 142 valence electrons. The zero-order valence-corrected chi connectivity index (χ0v) is 14.5. The van der Waals surface area contributed by atoms with E-state index in [9.17, 15) is 5.11 Å². The lowest BCUT2D eigenvalue weighted by atomic mass is 10.1. The smallest absolute Gasteiger partial charge is 0.394 e. The fourth-order valence-corrected chi connectivity index (χ4v) is 2.79. The van der Waals surface area contributed by atoms with Gasteiger partial charge in [-0.05, 0) is 19.3 Å². The van der Waals surface area contributed by atoms with Gasteiger partial charge in [0.15, 0.2) is 17.0 Å². The summed E-state index contributed by atoms with van der Waals surface area (Å²) in [5.74, 6) is 1.18. The molecule has 6 N–H and O–H groups in total. The number of nitrogen functional groups attached to an aromatic ring is 1. The average molecular weight is 384 g/mol. The summed E-state index contributed by atoms with van der Waals surface area (Å²) in [6.45, 7) is 0.172. The number of nitrogens with one attached hydrogen (secondary N) is 1. The standard InChI is InChI=1S/C14H18N6O.H2O4S/c15-14-18-12(17-9-2-3-9)11-13(19-14)20(7-16-11)10-4-1-8(5-10)6-21;1-5(2,3)4/h1,4,7-10,21H,2-3,5-6H2,(H3,15,17,18,19);(H2,1,2,3,4)/t8-,10?;/m0./s1. The summed E-state index contributed by atoms with van der Waals surface area (Å²) in [6.07, 6.45) is 9.10. The minimum Gasteiger partial charge on any atom is -0.396 e. The van der Waals surface area contributed by atoms with Crippen molar-refractivity contribution in [2.75, 3.05) is 17.7 Å². The number of aliphatic hydroxyl groups is 1. The second-order valence-corrected chi connectivity index (χ2v) is 7.15. The van der Waals surface area contributed by atoms with Crippen LogP contribution in [0, 0.1) is 5.92 Å². The normalized spacial score (nSPS) is 22.3. The highest BCUT2D eigenvalue weighted by molar-refractivity contribution is 7.79. The number of allylic oxidation sites excluding steroid dienone is 1. The molecule has 2 aliphatic carbocycles. The molecule has 1 saturated carbocycles. The van der Waals surface area contributed by atoms with E-state index < -0.39 is 10.4 Å². The molecule has 1 fully saturated rings. The van der Waals surface area contributed by atoms with Gasteiger partial charge in [-0.3, -0.25) is 9.11 Å². The van der Waals surface area contributed by atoms with Gasteiger partial charge in [0.05, 0.1) is 12.4 Å². The Labute approximate surface area is 149 Å². The number of nitrogens with two attached hydrogens (primary N) is 1. The number of aliphatic hydroxyl groups excluding tert-OH is 1. The van der Waals surface area contributed by atoms with Crippen LogP contribution in [0.5, 0.6) is 0 Å². The quantitative estimate of drug-likeness (QED) is 0.367. The Morgan fingerprint density at radius 2 is 1.96 bits per heavy atom. The minimum absolute atomic E-state index is 0.162. The van der Waals surface area contributed by atoms with Crippen molar-refractivity contribution < 1.29 is 22.6 Å². The molecule has 2 aliphatic rings. The third kappa shape index (κ3) is 4.66. The molecule has 0 radical (unpaired) electrons. The first-order valence-corrected chi connectivity index (χ1v) is 9.40. The van der Waals surface area contributed by atoms with Crippen LogP contribution in [0.4, 0.5) is 11.8 Å². The molecule has 0 spiro atoms. The Morgan fingerprint density at radius 3 is 2.54 bits per heavy atom. The second-order valence-electron chi connectivity index (χ2n) is 6.25. The number of fused-ring (bicyclic) bond motifs is 1. The molecule has 11 nitrogen and oxygen atoms in total. The fourth-order valence-electron chi connectivity index (χ4n) is 2.79. The highest BCUT2D eigenvalue weighted by atomic mass is 32.3. The third-order valence-electron chi connectivity index (χ3n) is 4.10. The molecule has 0 saturated heterocycles. The lowest BCUT2D eigenvalue weighted by molar-refractivity contribution is 0.244. The number of anilines is 2. The average Bonchev–Trinajstić information content (AvgIpc) is 3.07. The highest BCUT2D eigenvalue weighted by Gasteiger charge is 2.26. The summed E-state index contributed by atoms with van der Waals surface area (Å²) in [4.78, 5) is 13.1. The van der Waals surface area contributed by atoms with Gasteiger partial charge in [-0.1, -0.05) is 12.2 Å². The molecule has 2 atom stereocenters. The topological polar surface area (TPSA) is 176 Å². The molecule has 26 heavy (non-hydrogen) atoms. The molecule has 2 aromatic heterocycles. The van der Waals surface area contributed by atoms with E-state index in [1.807, 2.05) is 10.6 Å². The van der Waals surface area contributed by atoms with Crippen LogP contribution >= 0.6 is 0 Å². The van der Waals surface area contributed by atoms with E-state index in [2.05, 4.69) is 26.3 Å². The lowest BCUT2D eigenvalue weighted by Crippen LogP contribution is -2.10. The molecule has 2 heterocycles. The first-order chi connectivity index (χ1) is 12.2. The van der Waals surface area contributed by atoms with Crippen LogP contribution in [0.2, 0.25) is 0 Å². The Morgan fingerprint density at radius 1 is 1.27 bits per heavy atom. The summed E-state index contributed by atoms with van der Waals surface area (Å²) in [7, 11) is -4.67. The van der Waals surface area contributed by atoms with Crippen molar-refractivity contribution in [1.29, 1.82) is 0 Å². The molecule has 1 unspecified atom stereocenters. The van der Waals surface area contributed by atoms with Crippen LogP contribution < -0.4 is 11.1 Å². The van der Waals surface area contributed by atoms with E-state index in [0.717, 1.165) is 36.2 Å². The summed E-state index contributed by atoms with van der Waals surface area (Å²) in [5.41, 5.74) is 7.35. The molecule has 0 aromatic carbocycles. The largest absolute Gasteiger partial charge is 0.396 e. The number of hydrogen-bond acceptors (Lipinski definition) is 8. The zero-order valence-electron chi connectivity index (χ0n) is 13.7. The van der Waals surface area contributed by atoms with Gasteiger partial charge < -0.3 is 20.7 Å². The number of aromatic nitrogens is 4. The van der Waals surface area contributed by atoms with E-state index in [0.29, 0.717) is 6.04 Å². The van der Waals surface area contributed by atoms with Crippen molar-refractivity contribution in [1.82, 2.24) is 19.5 Å². The summed E-state index contributed by atoms with van der Waals surface area (Å²) >= 11 is 0. The van der Waals surface area contributed by atoms with Gasteiger partial charge in [0, 0.05) is 18.6 Å². The Kier molecular flexibility index (Phi) is 5.09. The van der Waals surface area contributed by atoms with E-state index in [-0.39, 0.29) is 24.5 Å². The monoisotopic (exact) mass is 384 g/mol.